The van der Waals surface area contributed by atoms with Gasteiger partial charge in [-0.2, -0.15) is 16.9 Å². The van der Waals surface area contributed by atoms with Crippen LogP contribution in [0, 0.1) is 6.92 Å². The molecule has 0 aliphatic carbocycles. The molecule has 1 amide bonds. The molecule has 3 aromatic heterocycles. The van der Waals surface area contributed by atoms with Gasteiger partial charge >= 0.3 is 6.09 Å². The Morgan fingerprint density at radius 2 is 2.14 bits per heavy atom. The summed E-state index contributed by atoms with van der Waals surface area (Å²) in [6, 6.07) is 4.02. The maximum absolute atomic E-state index is 13.1. The molecule has 0 N–H and O–H groups in total. The second-order valence-electron chi connectivity index (χ2n) is 7.80. The van der Waals surface area contributed by atoms with Crippen molar-refractivity contribution in [2.75, 3.05) is 16.9 Å². The highest BCUT2D eigenvalue weighted by Gasteiger charge is 2.27. The lowest BCUT2D eigenvalue weighted by atomic mass is 10.2. The van der Waals surface area contributed by atoms with E-state index >= 15 is 0 Å². The number of aryl methyl sites for hydroxylation is 2. The molecule has 156 valence electrons. The second-order valence-corrected chi connectivity index (χ2v) is 10.9. The first-order valence-electron chi connectivity index (χ1n) is 9.55. The molecule has 3 aromatic rings. The highest BCUT2D eigenvalue weighted by molar-refractivity contribution is 7.98. The summed E-state index contributed by atoms with van der Waals surface area (Å²) in [5, 5.41) is 10.6. The van der Waals surface area contributed by atoms with Gasteiger partial charge < -0.3 is 4.74 Å². The van der Waals surface area contributed by atoms with Crippen molar-refractivity contribution < 1.29 is 9.53 Å². The van der Waals surface area contributed by atoms with Gasteiger partial charge in [0.2, 0.25) is 0 Å². The van der Waals surface area contributed by atoms with Crippen LogP contribution in [0.3, 0.4) is 0 Å². The number of ether oxygens (including phenoxy) is 1. The van der Waals surface area contributed by atoms with Crippen molar-refractivity contribution in [1.82, 2.24) is 10.2 Å². The topological polar surface area (TPSA) is 55.3 Å². The molecule has 0 saturated heterocycles. The number of rotatable bonds is 7. The molecule has 0 fully saturated rings. The molecule has 0 radical (unpaired) electrons. The van der Waals surface area contributed by atoms with Gasteiger partial charge in [-0.1, -0.05) is 6.07 Å². The molecule has 0 bridgehead atoms. The minimum atomic E-state index is -0.571. The molecule has 29 heavy (non-hydrogen) atoms. The molecule has 0 aliphatic rings. The van der Waals surface area contributed by atoms with Crippen molar-refractivity contribution in [2.45, 2.75) is 52.7 Å². The number of carbonyl (C=O) groups excluding carboxylic acids is 1. The summed E-state index contributed by atoms with van der Waals surface area (Å²) in [6.45, 7) is 8.20. The monoisotopic (exact) mass is 449 g/mol. The average Bonchev–Trinajstić information content (AvgIpc) is 3.27. The van der Waals surface area contributed by atoms with Gasteiger partial charge in [0.1, 0.15) is 11.1 Å². The van der Waals surface area contributed by atoms with Gasteiger partial charge in [0, 0.05) is 9.75 Å². The smallest absolute Gasteiger partial charge is 0.415 e. The van der Waals surface area contributed by atoms with Gasteiger partial charge in [-0.05, 0) is 69.6 Å². The Hall–Kier alpha value is -1.64. The summed E-state index contributed by atoms with van der Waals surface area (Å²) in [6.07, 6.45) is 5.59. The number of nitrogens with zero attached hydrogens (tertiary/aromatic N) is 3. The fourth-order valence-electron chi connectivity index (χ4n) is 2.98. The number of carbonyl (C=O) groups is 1. The van der Waals surface area contributed by atoms with E-state index in [-0.39, 0.29) is 6.09 Å². The van der Waals surface area contributed by atoms with Crippen LogP contribution < -0.4 is 4.90 Å². The quantitative estimate of drug-likeness (QED) is 0.396. The Bertz CT molecular complexity index is 962. The lowest BCUT2D eigenvalue weighted by molar-refractivity contribution is 0.0578. The molecule has 8 heteroatoms. The minimum absolute atomic E-state index is 0.366. The molecule has 0 unspecified atom stereocenters. The molecular weight excluding hydrogens is 422 g/mol. The number of amides is 1. The standard InChI is InChI=1S/C21H27N3O2S3/c1-14-17(9-7-10-27-5)29-19-16(12-22-23-18(14)19)24(13-15-8-6-11-28-15)20(25)26-21(2,3)4/h6,8,11-12H,7,9-10,13H2,1-5H3. The zero-order valence-corrected chi connectivity index (χ0v) is 20.0. The van der Waals surface area contributed by atoms with Crippen molar-refractivity contribution in [3.63, 3.8) is 0 Å². The van der Waals surface area contributed by atoms with E-state index in [0.29, 0.717) is 6.54 Å². The Morgan fingerprint density at radius 1 is 1.34 bits per heavy atom. The van der Waals surface area contributed by atoms with E-state index in [9.17, 15) is 4.79 Å². The number of fused-ring (bicyclic) bond motifs is 1. The van der Waals surface area contributed by atoms with Gasteiger partial charge in [-0.3, -0.25) is 4.90 Å². The van der Waals surface area contributed by atoms with Crippen LogP contribution in [0.4, 0.5) is 10.5 Å². The molecule has 0 saturated carbocycles. The van der Waals surface area contributed by atoms with Crippen LogP contribution in [0.15, 0.2) is 23.7 Å². The summed E-state index contributed by atoms with van der Waals surface area (Å²) in [7, 11) is 0. The summed E-state index contributed by atoms with van der Waals surface area (Å²) < 4.78 is 6.71. The Labute approximate surface area is 184 Å². The summed E-state index contributed by atoms with van der Waals surface area (Å²) in [4.78, 5) is 17.2. The zero-order valence-electron chi connectivity index (χ0n) is 17.5. The molecule has 5 nitrogen and oxygen atoms in total. The van der Waals surface area contributed by atoms with Crippen molar-refractivity contribution >= 4 is 56.4 Å². The van der Waals surface area contributed by atoms with Crippen LogP contribution >= 0.6 is 34.4 Å². The van der Waals surface area contributed by atoms with Crippen LogP contribution in [0.5, 0.6) is 0 Å². The largest absolute Gasteiger partial charge is 0.443 e. The number of thioether (sulfide) groups is 1. The van der Waals surface area contributed by atoms with E-state index in [0.717, 1.165) is 39.4 Å². The van der Waals surface area contributed by atoms with E-state index in [1.54, 1.807) is 33.8 Å². The van der Waals surface area contributed by atoms with Crippen LogP contribution in [-0.4, -0.2) is 33.9 Å². The van der Waals surface area contributed by atoms with Gasteiger partial charge in [-0.25, -0.2) is 4.79 Å². The third-order valence-electron chi connectivity index (χ3n) is 4.34. The maximum Gasteiger partial charge on any atom is 0.415 e. The van der Waals surface area contributed by atoms with Crippen LogP contribution in [0.2, 0.25) is 0 Å². The third-order valence-corrected chi connectivity index (χ3v) is 7.26. The van der Waals surface area contributed by atoms with Gasteiger partial charge in [0.05, 0.1) is 23.1 Å². The first kappa shape index (κ1) is 22.1. The van der Waals surface area contributed by atoms with E-state index in [1.807, 2.05) is 50.0 Å². The number of hydrogen-bond donors (Lipinski definition) is 0. The molecule has 0 aliphatic heterocycles. The normalized spacial score (nSPS) is 11.8. The number of thiophene rings is 2. The minimum Gasteiger partial charge on any atom is -0.443 e. The number of anilines is 1. The maximum atomic E-state index is 13.1. The van der Waals surface area contributed by atoms with Crippen molar-refractivity contribution in [1.29, 1.82) is 0 Å². The van der Waals surface area contributed by atoms with E-state index < -0.39 is 5.60 Å². The highest BCUT2D eigenvalue weighted by Crippen LogP contribution is 2.37. The third kappa shape index (κ3) is 5.49. The fraction of sp³-hybridized carbons (Fsp3) is 0.476. The first-order valence-corrected chi connectivity index (χ1v) is 12.6. The Kier molecular flexibility index (Phi) is 7.19. The van der Waals surface area contributed by atoms with Crippen LogP contribution in [0.25, 0.3) is 10.2 Å². The summed E-state index contributed by atoms with van der Waals surface area (Å²) in [5.41, 5.74) is 2.24. The molecule has 3 heterocycles. The fourth-order valence-corrected chi connectivity index (χ4v) is 5.40. The Morgan fingerprint density at radius 3 is 2.79 bits per heavy atom. The van der Waals surface area contributed by atoms with Crippen LogP contribution in [-0.2, 0) is 17.7 Å². The average molecular weight is 450 g/mol. The predicted octanol–water partition coefficient (Wildman–Crippen LogP) is 6.30. The van der Waals surface area contributed by atoms with Gasteiger partial charge in [-0.15, -0.1) is 27.8 Å². The van der Waals surface area contributed by atoms with Gasteiger partial charge in [0.25, 0.3) is 0 Å². The molecular formula is C21H27N3O2S3. The first-order chi connectivity index (χ1) is 13.8. The summed E-state index contributed by atoms with van der Waals surface area (Å²) >= 11 is 5.21. The summed E-state index contributed by atoms with van der Waals surface area (Å²) in [5.74, 6) is 1.13. The zero-order chi connectivity index (χ0) is 21.0. The van der Waals surface area contributed by atoms with Crippen molar-refractivity contribution in [3.05, 3.63) is 39.0 Å². The van der Waals surface area contributed by atoms with E-state index in [4.69, 9.17) is 4.74 Å². The predicted molar refractivity (Wildman–Crippen MR) is 126 cm³/mol. The molecule has 3 rings (SSSR count). The van der Waals surface area contributed by atoms with Crippen molar-refractivity contribution in [2.24, 2.45) is 0 Å². The number of hydrogen-bond acceptors (Lipinski definition) is 7. The van der Waals surface area contributed by atoms with Gasteiger partial charge in [0.15, 0.2) is 0 Å². The highest BCUT2D eigenvalue weighted by atomic mass is 32.2. The number of aromatic nitrogens is 2. The van der Waals surface area contributed by atoms with E-state index in [2.05, 4.69) is 23.4 Å². The molecule has 0 spiro atoms. The second kappa shape index (κ2) is 9.45. The lowest BCUT2D eigenvalue weighted by Crippen LogP contribution is -2.36. The van der Waals surface area contributed by atoms with Crippen molar-refractivity contribution in [3.8, 4) is 0 Å². The van der Waals surface area contributed by atoms with E-state index in [1.165, 1.54) is 10.4 Å². The van der Waals surface area contributed by atoms with Crippen LogP contribution in [0.1, 0.15) is 42.5 Å². The molecule has 0 atom stereocenters. The Balaban J connectivity index is 2.01. The lowest BCUT2D eigenvalue weighted by Gasteiger charge is -2.27. The SMILES string of the molecule is CSCCCc1sc2c(N(Cc3cccs3)C(=O)OC(C)(C)C)cnnc2c1C. The molecule has 0 aromatic carbocycles.